The van der Waals surface area contributed by atoms with Gasteiger partial charge in [-0.25, -0.2) is 4.79 Å². The third-order valence-electron chi connectivity index (χ3n) is 4.85. The van der Waals surface area contributed by atoms with E-state index < -0.39 is 0 Å². The molecule has 1 saturated heterocycles. The molecular formula is C22H25N3O3. The third-order valence-corrected chi connectivity index (χ3v) is 4.85. The highest BCUT2D eigenvalue weighted by Gasteiger charge is 2.24. The molecule has 3 amide bonds. The lowest BCUT2D eigenvalue weighted by Gasteiger charge is -2.34. The topological polar surface area (TPSA) is 69.7 Å². The van der Waals surface area contributed by atoms with Crippen LogP contribution >= 0.6 is 0 Å². The second-order valence-electron chi connectivity index (χ2n) is 6.96. The fourth-order valence-electron chi connectivity index (χ4n) is 3.23. The van der Waals surface area contributed by atoms with Gasteiger partial charge < -0.3 is 15.1 Å². The normalized spacial score (nSPS) is 13.9. The van der Waals surface area contributed by atoms with E-state index in [0.29, 0.717) is 31.7 Å². The Morgan fingerprint density at radius 3 is 2.21 bits per heavy atom. The van der Waals surface area contributed by atoms with Gasteiger partial charge in [0.2, 0.25) is 5.91 Å². The Hall–Kier alpha value is -3.15. The van der Waals surface area contributed by atoms with E-state index in [9.17, 15) is 14.4 Å². The zero-order valence-corrected chi connectivity index (χ0v) is 16.1. The monoisotopic (exact) mass is 379 g/mol. The molecule has 6 heteroatoms. The molecule has 28 heavy (non-hydrogen) atoms. The molecular weight excluding hydrogens is 354 g/mol. The first-order chi connectivity index (χ1) is 13.5. The minimum atomic E-state index is -0.156. The van der Waals surface area contributed by atoms with Crippen molar-refractivity contribution in [2.24, 2.45) is 0 Å². The quantitative estimate of drug-likeness (QED) is 0.810. The van der Waals surface area contributed by atoms with Crippen LogP contribution in [0.4, 0.5) is 10.5 Å². The number of benzene rings is 2. The highest BCUT2D eigenvalue weighted by Crippen LogP contribution is 2.13. The van der Waals surface area contributed by atoms with Gasteiger partial charge in [0.1, 0.15) is 0 Å². The van der Waals surface area contributed by atoms with E-state index in [0.717, 1.165) is 11.3 Å². The van der Waals surface area contributed by atoms with Gasteiger partial charge in [0.15, 0.2) is 5.78 Å². The summed E-state index contributed by atoms with van der Waals surface area (Å²) in [6.45, 7) is 3.91. The Labute approximate surface area is 165 Å². The van der Waals surface area contributed by atoms with Crippen molar-refractivity contribution < 1.29 is 14.4 Å². The van der Waals surface area contributed by atoms with E-state index in [1.54, 1.807) is 21.9 Å². The first kappa shape index (κ1) is 19.6. The molecule has 0 atom stereocenters. The summed E-state index contributed by atoms with van der Waals surface area (Å²) in [4.78, 5) is 40.4. The molecule has 1 aliphatic rings. The molecule has 0 radical (unpaired) electrons. The number of urea groups is 1. The SMILES string of the molecule is Cc1cccc(NC(=O)N2CCN(C(=O)CCC(=O)c3ccccc3)CC2)c1. The highest BCUT2D eigenvalue weighted by molar-refractivity contribution is 5.98. The van der Waals surface area contributed by atoms with Gasteiger partial charge in [-0.05, 0) is 24.6 Å². The first-order valence-corrected chi connectivity index (χ1v) is 9.51. The standard InChI is InChI=1S/C22H25N3O3/c1-17-6-5-9-19(16-17)23-22(28)25-14-12-24(13-15-25)21(27)11-10-20(26)18-7-3-2-4-8-18/h2-9,16H,10-15H2,1H3,(H,23,28). The van der Waals surface area contributed by atoms with Crippen molar-refractivity contribution >= 4 is 23.4 Å². The number of ketones is 1. The van der Waals surface area contributed by atoms with Crippen molar-refractivity contribution in [3.05, 3.63) is 65.7 Å². The Balaban J connectivity index is 1.43. The highest BCUT2D eigenvalue weighted by atomic mass is 16.2. The van der Waals surface area contributed by atoms with Crippen molar-refractivity contribution in [2.45, 2.75) is 19.8 Å². The summed E-state index contributed by atoms with van der Waals surface area (Å²) in [5, 5.41) is 2.89. The number of anilines is 1. The predicted octanol–water partition coefficient (Wildman–Crippen LogP) is 3.33. The number of hydrogen-bond acceptors (Lipinski definition) is 3. The van der Waals surface area contributed by atoms with Gasteiger partial charge in [-0.2, -0.15) is 0 Å². The van der Waals surface area contributed by atoms with Crippen LogP contribution in [-0.2, 0) is 4.79 Å². The maximum atomic E-state index is 12.4. The van der Waals surface area contributed by atoms with E-state index in [2.05, 4.69) is 5.32 Å². The molecule has 0 aromatic heterocycles. The van der Waals surface area contributed by atoms with Gasteiger partial charge in [-0.3, -0.25) is 9.59 Å². The molecule has 0 spiro atoms. The lowest BCUT2D eigenvalue weighted by molar-refractivity contribution is -0.132. The molecule has 0 saturated carbocycles. The van der Waals surface area contributed by atoms with Crippen LogP contribution in [0, 0.1) is 6.92 Å². The lowest BCUT2D eigenvalue weighted by Crippen LogP contribution is -2.51. The summed E-state index contributed by atoms with van der Waals surface area (Å²) < 4.78 is 0. The summed E-state index contributed by atoms with van der Waals surface area (Å²) in [7, 11) is 0. The first-order valence-electron chi connectivity index (χ1n) is 9.51. The Morgan fingerprint density at radius 1 is 0.857 bits per heavy atom. The third kappa shape index (κ3) is 5.19. The molecule has 2 aromatic rings. The lowest BCUT2D eigenvalue weighted by atomic mass is 10.1. The minimum absolute atomic E-state index is 0.0230. The summed E-state index contributed by atoms with van der Waals surface area (Å²) in [6, 6.07) is 16.5. The van der Waals surface area contributed by atoms with Crippen molar-refractivity contribution in [3.63, 3.8) is 0 Å². The van der Waals surface area contributed by atoms with Gasteiger partial charge >= 0.3 is 6.03 Å². The maximum Gasteiger partial charge on any atom is 0.321 e. The summed E-state index contributed by atoms with van der Waals surface area (Å²) in [5.41, 5.74) is 2.48. The second kappa shape index (κ2) is 9.17. The number of carbonyl (C=O) groups excluding carboxylic acids is 3. The summed E-state index contributed by atoms with van der Waals surface area (Å²) >= 11 is 0. The van der Waals surface area contributed by atoms with Crippen molar-refractivity contribution in [1.82, 2.24) is 9.80 Å². The van der Waals surface area contributed by atoms with Crippen molar-refractivity contribution in [1.29, 1.82) is 0 Å². The fourth-order valence-corrected chi connectivity index (χ4v) is 3.23. The molecule has 6 nitrogen and oxygen atoms in total. The van der Waals surface area contributed by atoms with Crippen LogP contribution in [0.25, 0.3) is 0 Å². The zero-order chi connectivity index (χ0) is 19.9. The van der Waals surface area contributed by atoms with Crippen LogP contribution in [0.2, 0.25) is 0 Å². The molecule has 1 aliphatic heterocycles. The van der Waals surface area contributed by atoms with E-state index in [4.69, 9.17) is 0 Å². The molecule has 3 rings (SSSR count). The number of nitrogens with zero attached hydrogens (tertiary/aromatic N) is 2. The van der Waals surface area contributed by atoms with E-state index in [1.807, 2.05) is 49.4 Å². The van der Waals surface area contributed by atoms with Gasteiger partial charge in [-0.1, -0.05) is 42.5 Å². The Kier molecular flexibility index (Phi) is 6.42. The summed E-state index contributed by atoms with van der Waals surface area (Å²) in [5.74, 6) is -0.0619. The fraction of sp³-hybridized carbons (Fsp3) is 0.318. The van der Waals surface area contributed by atoms with Crippen LogP contribution < -0.4 is 5.32 Å². The van der Waals surface area contributed by atoms with Crippen LogP contribution in [0.15, 0.2) is 54.6 Å². The number of rotatable bonds is 5. The largest absolute Gasteiger partial charge is 0.339 e. The van der Waals surface area contributed by atoms with E-state index >= 15 is 0 Å². The van der Waals surface area contributed by atoms with Crippen LogP contribution in [0.5, 0.6) is 0 Å². The maximum absolute atomic E-state index is 12.4. The Morgan fingerprint density at radius 2 is 1.54 bits per heavy atom. The average molecular weight is 379 g/mol. The molecule has 0 bridgehead atoms. The molecule has 0 unspecified atom stereocenters. The van der Waals surface area contributed by atoms with Gasteiger partial charge in [0.25, 0.3) is 0 Å². The number of amides is 3. The molecule has 2 aromatic carbocycles. The van der Waals surface area contributed by atoms with E-state index in [-0.39, 0.29) is 30.6 Å². The molecule has 1 fully saturated rings. The Bertz CT molecular complexity index is 843. The van der Waals surface area contributed by atoms with Gasteiger partial charge in [0.05, 0.1) is 0 Å². The minimum Gasteiger partial charge on any atom is -0.339 e. The number of piperazine rings is 1. The van der Waals surface area contributed by atoms with Crippen LogP contribution in [-0.4, -0.2) is 53.7 Å². The smallest absolute Gasteiger partial charge is 0.321 e. The number of carbonyl (C=O) groups is 3. The zero-order valence-electron chi connectivity index (χ0n) is 16.1. The number of hydrogen-bond donors (Lipinski definition) is 1. The number of Topliss-reactive ketones (excluding diaryl/α,β-unsaturated/α-hetero) is 1. The molecule has 0 aliphatic carbocycles. The summed E-state index contributed by atoms with van der Waals surface area (Å²) in [6.07, 6.45) is 0.403. The van der Waals surface area contributed by atoms with Crippen molar-refractivity contribution in [2.75, 3.05) is 31.5 Å². The number of aryl methyl sites for hydroxylation is 1. The predicted molar refractivity (Wildman–Crippen MR) is 108 cm³/mol. The molecule has 146 valence electrons. The van der Waals surface area contributed by atoms with Crippen molar-refractivity contribution in [3.8, 4) is 0 Å². The van der Waals surface area contributed by atoms with Crippen LogP contribution in [0.1, 0.15) is 28.8 Å². The van der Waals surface area contributed by atoms with Crippen LogP contribution in [0.3, 0.4) is 0 Å². The number of nitrogens with one attached hydrogen (secondary N) is 1. The molecule has 1 N–H and O–H groups in total. The second-order valence-corrected chi connectivity index (χ2v) is 6.96. The molecule has 1 heterocycles. The van der Waals surface area contributed by atoms with Gasteiger partial charge in [-0.15, -0.1) is 0 Å². The van der Waals surface area contributed by atoms with Gasteiger partial charge in [0, 0.05) is 50.3 Å². The average Bonchev–Trinajstić information content (AvgIpc) is 2.72. The van der Waals surface area contributed by atoms with E-state index in [1.165, 1.54) is 0 Å².